The van der Waals surface area contributed by atoms with Crippen molar-refractivity contribution in [3.63, 3.8) is 0 Å². The molecule has 27 heavy (non-hydrogen) atoms. The third kappa shape index (κ3) is 2.91. The topological polar surface area (TPSA) is 80.1 Å². The van der Waals surface area contributed by atoms with Gasteiger partial charge in [-0.1, -0.05) is 12.5 Å². The highest BCUT2D eigenvalue weighted by atomic mass is 16.2. The highest BCUT2D eigenvalue weighted by Crippen LogP contribution is 2.66. The maximum absolute atomic E-state index is 12.8. The minimum atomic E-state index is -0.212. The van der Waals surface area contributed by atoms with Crippen molar-refractivity contribution in [1.29, 1.82) is 0 Å². The second-order valence-corrected chi connectivity index (χ2v) is 7.98. The van der Waals surface area contributed by atoms with E-state index >= 15 is 0 Å². The summed E-state index contributed by atoms with van der Waals surface area (Å²) in [5, 5.41) is 7.27. The zero-order valence-electron chi connectivity index (χ0n) is 15.2. The lowest BCUT2D eigenvalue weighted by Crippen LogP contribution is -2.40. The lowest BCUT2D eigenvalue weighted by atomic mass is 9.79. The Bertz CT molecular complexity index is 887. The van der Waals surface area contributed by atoms with Crippen molar-refractivity contribution in [3.05, 3.63) is 47.5 Å². The van der Waals surface area contributed by atoms with E-state index in [-0.39, 0.29) is 11.8 Å². The van der Waals surface area contributed by atoms with E-state index < -0.39 is 0 Å². The molecule has 3 heterocycles. The van der Waals surface area contributed by atoms with Crippen LogP contribution in [0.4, 0.5) is 0 Å². The molecule has 1 atom stereocenters. The standard InChI is InChI=1S/C20H23N5O2/c26-18(22-12-14-4-1-2-7-21-14)17-10-15-13-24(8-9-25(15)23-17)19(27)16-11-20(16)5-3-6-20/h1-2,4,7,10,16H,3,5-6,8-9,11-13H2,(H,22,26). The first kappa shape index (κ1) is 16.5. The van der Waals surface area contributed by atoms with E-state index in [4.69, 9.17) is 0 Å². The second kappa shape index (κ2) is 6.18. The first-order chi connectivity index (χ1) is 13.1. The van der Waals surface area contributed by atoms with Gasteiger partial charge in [-0.3, -0.25) is 19.3 Å². The lowest BCUT2D eigenvalue weighted by Gasteiger charge is -2.31. The van der Waals surface area contributed by atoms with Gasteiger partial charge in [-0.25, -0.2) is 0 Å². The van der Waals surface area contributed by atoms with Gasteiger partial charge in [0.25, 0.3) is 5.91 Å². The number of amides is 2. The van der Waals surface area contributed by atoms with Crippen molar-refractivity contribution < 1.29 is 9.59 Å². The Morgan fingerprint density at radius 3 is 2.85 bits per heavy atom. The molecular formula is C20H23N5O2. The van der Waals surface area contributed by atoms with E-state index in [2.05, 4.69) is 15.4 Å². The number of rotatable bonds is 4. The Morgan fingerprint density at radius 1 is 1.26 bits per heavy atom. The number of carbonyl (C=O) groups excluding carboxylic acids is 2. The summed E-state index contributed by atoms with van der Waals surface area (Å²) >= 11 is 0. The van der Waals surface area contributed by atoms with Crippen LogP contribution in [0, 0.1) is 11.3 Å². The number of nitrogens with one attached hydrogen (secondary N) is 1. The molecule has 2 aliphatic carbocycles. The normalized spacial score (nSPS) is 22.1. The van der Waals surface area contributed by atoms with Crippen LogP contribution in [0.15, 0.2) is 30.5 Å². The minimum Gasteiger partial charge on any atom is -0.345 e. The number of pyridine rings is 1. The average Bonchev–Trinajstić information content (AvgIpc) is 3.31. The summed E-state index contributed by atoms with van der Waals surface area (Å²) in [6.07, 6.45) is 6.48. The highest BCUT2D eigenvalue weighted by molar-refractivity contribution is 5.92. The van der Waals surface area contributed by atoms with E-state index in [1.165, 1.54) is 19.3 Å². The van der Waals surface area contributed by atoms with Crippen LogP contribution in [0.2, 0.25) is 0 Å². The molecule has 5 rings (SSSR count). The van der Waals surface area contributed by atoms with Crippen molar-refractivity contribution in [1.82, 2.24) is 25.0 Å². The van der Waals surface area contributed by atoms with Crippen molar-refractivity contribution in [2.24, 2.45) is 11.3 Å². The van der Waals surface area contributed by atoms with Gasteiger partial charge in [-0.15, -0.1) is 0 Å². The zero-order chi connectivity index (χ0) is 18.4. The zero-order valence-corrected chi connectivity index (χ0v) is 15.2. The fourth-order valence-electron chi connectivity index (χ4n) is 4.43. The third-order valence-corrected chi connectivity index (χ3v) is 6.34. The summed E-state index contributed by atoms with van der Waals surface area (Å²) in [6.45, 7) is 2.24. The number of fused-ring (bicyclic) bond motifs is 1. The molecule has 140 valence electrons. The van der Waals surface area contributed by atoms with Gasteiger partial charge in [0.2, 0.25) is 5.91 Å². The number of hydrogen-bond donors (Lipinski definition) is 1. The fraction of sp³-hybridized carbons (Fsp3) is 0.500. The van der Waals surface area contributed by atoms with Crippen LogP contribution in [-0.2, 0) is 24.4 Å². The van der Waals surface area contributed by atoms with Crippen LogP contribution < -0.4 is 5.32 Å². The first-order valence-electron chi connectivity index (χ1n) is 9.68. The molecule has 0 radical (unpaired) electrons. The van der Waals surface area contributed by atoms with E-state index in [0.717, 1.165) is 17.8 Å². The van der Waals surface area contributed by atoms with Crippen molar-refractivity contribution in [3.8, 4) is 0 Å². The number of carbonyl (C=O) groups is 2. The monoisotopic (exact) mass is 365 g/mol. The molecule has 1 spiro atoms. The molecule has 1 aliphatic heterocycles. The molecule has 3 aliphatic rings. The Balaban J connectivity index is 1.22. The van der Waals surface area contributed by atoms with Gasteiger partial charge in [0, 0.05) is 18.7 Å². The summed E-state index contributed by atoms with van der Waals surface area (Å²) in [4.78, 5) is 31.3. The Labute approximate surface area is 157 Å². The molecule has 2 aromatic heterocycles. The second-order valence-electron chi connectivity index (χ2n) is 7.98. The Kier molecular flexibility index (Phi) is 3.77. The van der Waals surface area contributed by atoms with E-state index in [1.807, 2.05) is 27.8 Å². The summed E-state index contributed by atoms with van der Waals surface area (Å²) < 4.78 is 1.85. The van der Waals surface area contributed by atoms with E-state index in [1.54, 1.807) is 12.3 Å². The molecule has 1 unspecified atom stereocenters. The molecule has 7 nitrogen and oxygen atoms in total. The van der Waals surface area contributed by atoms with Gasteiger partial charge in [0.15, 0.2) is 5.69 Å². The first-order valence-corrected chi connectivity index (χ1v) is 9.68. The van der Waals surface area contributed by atoms with Crippen LogP contribution in [0.3, 0.4) is 0 Å². The largest absolute Gasteiger partial charge is 0.345 e. The summed E-state index contributed by atoms with van der Waals surface area (Å²) in [7, 11) is 0. The highest BCUT2D eigenvalue weighted by Gasteiger charge is 2.61. The molecule has 2 amide bonds. The van der Waals surface area contributed by atoms with Gasteiger partial charge in [0.1, 0.15) is 0 Å². The average molecular weight is 365 g/mol. The molecule has 0 bridgehead atoms. The van der Waals surface area contributed by atoms with Crippen molar-refractivity contribution >= 4 is 11.8 Å². The van der Waals surface area contributed by atoms with Gasteiger partial charge in [-0.2, -0.15) is 5.10 Å². The lowest BCUT2D eigenvalue weighted by molar-refractivity contribution is -0.135. The minimum absolute atomic E-state index is 0.212. The van der Waals surface area contributed by atoms with Crippen LogP contribution in [0.25, 0.3) is 0 Å². The van der Waals surface area contributed by atoms with E-state index in [0.29, 0.717) is 43.2 Å². The predicted molar refractivity (Wildman–Crippen MR) is 97.4 cm³/mol. The maximum Gasteiger partial charge on any atom is 0.272 e. The van der Waals surface area contributed by atoms with E-state index in [9.17, 15) is 9.59 Å². The van der Waals surface area contributed by atoms with Crippen molar-refractivity contribution in [2.45, 2.75) is 45.3 Å². The molecule has 2 aromatic rings. The molecule has 7 heteroatoms. The number of nitrogens with zero attached hydrogens (tertiary/aromatic N) is 4. The third-order valence-electron chi connectivity index (χ3n) is 6.34. The van der Waals surface area contributed by atoms with Gasteiger partial charge < -0.3 is 10.2 Å². The van der Waals surface area contributed by atoms with Gasteiger partial charge in [-0.05, 0) is 42.9 Å². The van der Waals surface area contributed by atoms with Crippen LogP contribution in [0.5, 0.6) is 0 Å². The summed E-state index contributed by atoms with van der Waals surface area (Å²) in [6, 6.07) is 7.41. The fourth-order valence-corrected chi connectivity index (χ4v) is 4.43. The Morgan fingerprint density at radius 2 is 2.15 bits per heavy atom. The SMILES string of the molecule is O=C(NCc1ccccn1)c1cc2n(n1)CCN(C(=O)C1CC13CCC3)C2. The van der Waals surface area contributed by atoms with Crippen LogP contribution in [0.1, 0.15) is 47.6 Å². The molecule has 0 aromatic carbocycles. The van der Waals surface area contributed by atoms with Gasteiger partial charge >= 0.3 is 0 Å². The Hall–Kier alpha value is -2.70. The molecule has 0 saturated heterocycles. The number of aromatic nitrogens is 3. The quantitative estimate of drug-likeness (QED) is 0.895. The van der Waals surface area contributed by atoms with Crippen LogP contribution in [-0.4, -0.2) is 38.0 Å². The predicted octanol–water partition coefficient (Wildman–Crippen LogP) is 1.74. The molecule has 2 fully saturated rings. The number of hydrogen-bond acceptors (Lipinski definition) is 4. The molecule has 1 N–H and O–H groups in total. The maximum atomic E-state index is 12.8. The van der Waals surface area contributed by atoms with Crippen molar-refractivity contribution in [2.75, 3.05) is 6.54 Å². The molecular weight excluding hydrogens is 342 g/mol. The van der Waals surface area contributed by atoms with Gasteiger partial charge in [0.05, 0.1) is 31.0 Å². The summed E-state index contributed by atoms with van der Waals surface area (Å²) in [5.41, 5.74) is 2.49. The smallest absolute Gasteiger partial charge is 0.272 e. The molecule has 2 saturated carbocycles. The summed E-state index contributed by atoms with van der Waals surface area (Å²) in [5.74, 6) is 0.321. The van der Waals surface area contributed by atoms with Crippen LogP contribution >= 0.6 is 0 Å².